The molecule has 1 aliphatic rings. The van der Waals surface area contributed by atoms with Crippen molar-refractivity contribution in [1.29, 1.82) is 0 Å². The fraction of sp³-hybridized carbons (Fsp3) is 0.429. The normalized spacial score (nSPS) is 16.5. The molecule has 7 heteroatoms. The second kappa shape index (κ2) is 9.82. The smallest absolute Gasteiger partial charge is 0.317 e. The third-order valence-electron chi connectivity index (χ3n) is 4.86. The number of carbonyl (C=O) groups excluding carboxylic acids is 2. The molecule has 3 amide bonds. The number of rotatable bonds is 6. The van der Waals surface area contributed by atoms with Crippen LogP contribution in [0.3, 0.4) is 0 Å². The zero-order chi connectivity index (χ0) is 19.8. The maximum atomic E-state index is 12.5. The number of aromatic nitrogens is 2. The van der Waals surface area contributed by atoms with Crippen molar-refractivity contribution in [2.45, 2.75) is 26.2 Å². The van der Waals surface area contributed by atoms with Crippen molar-refractivity contribution in [3.8, 4) is 0 Å². The van der Waals surface area contributed by atoms with Gasteiger partial charge in [0.15, 0.2) is 0 Å². The van der Waals surface area contributed by atoms with Crippen molar-refractivity contribution in [2.24, 2.45) is 5.92 Å². The van der Waals surface area contributed by atoms with Gasteiger partial charge in [0.2, 0.25) is 0 Å². The quantitative estimate of drug-likeness (QED) is 0.803. The van der Waals surface area contributed by atoms with Gasteiger partial charge in [-0.1, -0.05) is 18.2 Å². The SMILES string of the molecule is Cc1cncc(CCNC(=O)N2CCCC(CNC(=O)c3ccccc3)C2)n1. The molecule has 0 radical (unpaired) electrons. The summed E-state index contributed by atoms with van der Waals surface area (Å²) < 4.78 is 0. The highest BCUT2D eigenvalue weighted by Crippen LogP contribution is 2.16. The van der Waals surface area contributed by atoms with Gasteiger partial charge in [0, 0.05) is 50.6 Å². The lowest BCUT2D eigenvalue weighted by Crippen LogP contribution is -2.48. The molecule has 2 heterocycles. The standard InChI is InChI=1S/C21H27N5O2/c1-16-12-22-14-19(25-16)9-10-23-21(28)26-11-5-6-17(15-26)13-24-20(27)18-7-3-2-4-8-18/h2-4,7-8,12,14,17H,5-6,9-11,13,15H2,1H3,(H,23,28)(H,24,27). The fourth-order valence-corrected chi connectivity index (χ4v) is 3.39. The molecule has 148 valence electrons. The summed E-state index contributed by atoms with van der Waals surface area (Å²) in [6, 6.07) is 9.14. The number of piperidine rings is 1. The molecule has 1 unspecified atom stereocenters. The Morgan fingerprint density at radius 2 is 2.00 bits per heavy atom. The lowest BCUT2D eigenvalue weighted by Gasteiger charge is -2.32. The molecule has 2 aromatic rings. The molecule has 3 rings (SSSR count). The number of nitrogens with zero attached hydrogens (tertiary/aromatic N) is 3. The number of carbonyl (C=O) groups is 2. The van der Waals surface area contributed by atoms with E-state index in [1.807, 2.05) is 30.0 Å². The highest BCUT2D eigenvalue weighted by Gasteiger charge is 2.23. The van der Waals surface area contributed by atoms with Gasteiger partial charge in [0.05, 0.1) is 11.4 Å². The van der Waals surface area contributed by atoms with Gasteiger partial charge < -0.3 is 15.5 Å². The molecule has 0 bridgehead atoms. The molecule has 7 nitrogen and oxygen atoms in total. The van der Waals surface area contributed by atoms with Crippen LogP contribution in [0.2, 0.25) is 0 Å². The first-order chi connectivity index (χ1) is 13.6. The van der Waals surface area contributed by atoms with Crippen LogP contribution in [0.1, 0.15) is 34.6 Å². The molecule has 1 atom stereocenters. The van der Waals surface area contributed by atoms with Gasteiger partial charge in [-0.25, -0.2) is 4.79 Å². The summed E-state index contributed by atoms with van der Waals surface area (Å²) in [6.45, 7) is 4.42. The maximum Gasteiger partial charge on any atom is 0.317 e. The Labute approximate surface area is 165 Å². The predicted octanol–water partition coefficient (Wildman–Crippen LogP) is 2.18. The summed E-state index contributed by atoms with van der Waals surface area (Å²) in [5, 5.41) is 5.95. The average Bonchev–Trinajstić information content (AvgIpc) is 2.73. The third-order valence-corrected chi connectivity index (χ3v) is 4.86. The van der Waals surface area contributed by atoms with Crippen molar-refractivity contribution in [3.63, 3.8) is 0 Å². The van der Waals surface area contributed by atoms with Crippen molar-refractivity contribution in [1.82, 2.24) is 25.5 Å². The lowest BCUT2D eigenvalue weighted by molar-refractivity contribution is 0.0937. The largest absolute Gasteiger partial charge is 0.352 e. The van der Waals surface area contributed by atoms with E-state index in [2.05, 4.69) is 20.6 Å². The van der Waals surface area contributed by atoms with E-state index in [4.69, 9.17) is 0 Å². The van der Waals surface area contributed by atoms with Crippen LogP contribution >= 0.6 is 0 Å². The van der Waals surface area contributed by atoms with Gasteiger partial charge in [-0.05, 0) is 37.8 Å². The van der Waals surface area contributed by atoms with E-state index in [-0.39, 0.29) is 17.9 Å². The minimum Gasteiger partial charge on any atom is -0.352 e. The summed E-state index contributed by atoms with van der Waals surface area (Å²) >= 11 is 0. The van der Waals surface area contributed by atoms with E-state index in [0.717, 1.165) is 30.8 Å². The number of hydrogen-bond donors (Lipinski definition) is 2. The average molecular weight is 381 g/mol. The Morgan fingerprint density at radius 3 is 2.79 bits per heavy atom. The van der Waals surface area contributed by atoms with Gasteiger partial charge in [-0.2, -0.15) is 0 Å². The van der Waals surface area contributed by atoms with Crippen LogP contribution < -0.4 is 10.6 Å². The zero-order valence-corrected chi connectivity index (χ0v) is 16.2. The van der Waals surface area contributed by atoms with Gasteiger partial charge in [-0.3, -0.25) is 14.8 Å². The van der Waals surface area contributed by atoms with Gasteiger partial charge in [0.25, 0.3) is 5.91 Å². The Morgan fingerprint density at radius 1 is 1.18 bits per heavy atom. The van der Waals surface area contributed by atoms with Crippen molar-refractivity contribution < 1.29 is 9.59 Å². The first-order valence-electron chi connectivity index (χ1n) is 9.75. The van der Waals surface area contributed by atoms with Crippen molar-refractivity contribution in [3.05, 3.63) is 59.7 Å². The topological polar surface area (TPSA) is 87.2 Å². The molecule has 1 aromatic carbocycles. The number of benzene rings is 1. The monoisotopic (exact) mass is 381 g/mol. The zero-order valence-electron chi connectivity index (χ0n) is 16.2. The summed E-state index contributed by atoms with van der Waals surface area (Å²) in [7, 11) is 0. The molecule has 1 fully saturated rings. The molecule has 1 aromatic heterocycles. The fourth-order valence-electron chi connectivity index (χ4n) is 3.39. The van der Waals surface area contributed by atoms with E-state index < -0.39 is 0 Å². The Kier molecular flexibility index (Phi) is 6.94. The van der Waals surface area contributed by atoms with Crippen LogP contribution in [0.5, 0.6) is 0 Å². The maximum absolute atomic E-state index is 12.5. The first kappa shape index (κ1) is 19.8. The number of urea groups is 1. The number of likely N-dealkylation sites (tertiary alicyclic amines) is 1. The molecular weight excluding hydrogens is 354 g/mol. The molecule has 1 aliphatic heterocycles. The number of nitrogens with one attached hydrogen (secondary N) is 2. The molecule has 1 saturated heterocycles. The van der Waals surface area contributed by atoms with Crippen molar-refractivity contribution in [2.75, 3.05) is 26.2 Å². The molecular formula is C21H27N5O2. The summed E-state index contributed by atoms with van der Waals surface area (Å²) in [5.74, 6) is 0.205. The van der Waals surface area contributed by atoms with Crippen LogP contribution in [0.4, 0.5) is 4.79 Å². The minimum absolute atomic E-state index is 0.0558. The van der Waals surface area contributed by atoms with Crippen LogP contribution in [0.25, 0.3) is 0 Å². The Bertz CT molecular complexity index is 796. The first-order valence-corrected chi connectivity index (χ1v) is 9.75. The predicted molar refractivity (Wildman–Crippen MR) is 107 cm³/mol. The lowest BCUT2D eigenvalue weighted by atomic mass is 9.98. The van der Waals surface area contributed by atoms with Gasteiger partial charge in [-0.15, -0.1) is 0 Å². The third kappa shape index (κ3) is 5.77. The number of aryl methyl sites for hydroxylation is 1. The second-order valence-electron chi connectivity index (χ2n) is 7.16. The van der Waals surface area contributed by atoms with Gasteiger partial charge in [0.1, 0.15) is 0 Å². The molecule has 0 spiro atoms. The summed E-state index contributed by atoms with van der Waals surface area (Å²) in [4.78, 5) is 35.0. The van der Waals surface area contributed by atoms with Crippen molar-refractivity contribution >= 4 is 11.9 Å². The van der Waals surface area contributed by atoms with E-state index in [1.165, 1.54) is 0 Å². The van der Waals surface area contributed by atoms with Crippen LogP contribution in [-0.2, 0) is 6.42 Å². The molecule has 0 saturated carbocycles. The molecule has 0 aliphatic carbocycles. The molecule has 2 N–H and O–H groups in total. The summed E-state index contributed by atoms with van der Waals surface area (Å²) in [5.41, 5.74) is 2.41. The van der Waals surface area contributed by atoms with Crippen LogP contribution in [-0.4, -0.2) is 53.0 Å². The van der Waals surface area contributed by atoms with E-state index >= 15 is 0 Å². The van der Waals surface area contributed by atoms with E-state index in [1.54, 1.807) is 24.5 Å². The highest BCUT2D eigenvalue weighted by molar-refractivity contribution is 5.94. The van der Waals surface area contributed by atoms with Crippen LogP contribution in [0, 0.1) is 12.8 Å². The van der Waals surface area contributed by atoms with Gasteiger partial charge >= 0.3 is 6.03 Å². The van der Waals surface area contributed by atoms with E-state index in [9.17, 15) is 9.59 Å². The summed E-state index contributed by atoms with van der Waals surface area (Å²) in [6.07, 6.45) is 6.06. The van der Waals surface area contributed by atoms with E-state index in [0.29, 0.717) is 31.6 Å². The Hall–Kier alpha value is -2.96. The number of amides is 3. The Balaban J connectivity index is 1.41. The minimum atomic E-state index is -0.0681. The molecule has 28 heavy (non-hydrogen) atoms. The number of hydrogen-bond acceptors (Lipinski definition) is 4. The van der Waals surface area contributed by atoms with Crippen LogP contribution in [0.15, 0.2) is 42.7 Å². The highest BCUT2D eigenvalue weighted by atomic mass is 16.2. The second-order valence-corrected chi connectivity index (χ2v) is 7.16.